The van der Waals surface area contributed by atoms with Crippen LogP contribution in [-0.2, 0) is 6.42 Å². The number of hydrogen-bond donors (Lipinski definition) is 1. The first-order valence-corrected chi connectivity index (χ1v) is 4.16. The highest BCUT2D eigenvalue weighted by molar-refractivity contribution is 7.13. The van der Waals surface area contributed by atoms with Crippen molar-refractivity contribution in [3.63, 3.8) is 0 Å². The second kappa shape index (κ2) is 3.00. The molecule has 0 unspecified atom stereocenters. The topological polar surface area (TPSA) is 50.2 Å². The van der Waals surface area contributed by atoms with E-state index in [4.69, 9.17) is 5.11 Å². The number of rotatable bonds is 2. The van der Waals surface area contributed by atoms with Crippen LogP contribution in [-0.4, -0.2) is 16.1 Å². The molecule has 0 aromatic carbocycles. The van der Waals surface area contributed by atoms with Crippen LogP contribution in [0.4, 0.5) is 0 Å². The zero-order chi connectivity index (χ0) is 8.43. The third-order valence-corrected chi connectivity index (χ3v) is 2.69. The maximum Gasteiger partial charge on any atom is 0.365 e. The number of carbonyl (C=O) groups is 1. The van der Waals surface area contributed by atoms with Gasteiger partial charge in [-0.25, -0.2) is 9.78 Å². The van der Waals surface area contributed by atoms with Gasteiger partial charge < -0.3 is 5.11 Å². The molecule has 1 aromatic rings. The van der Waals surface area contributed by atoms with Crippen molar-refractivity contribution in [2.24, 2.45) is 0 Å². The predicted molar refractivity (Wildman–Crippen MR) is 43.2 cm³/mol. The lowest BCUT2D eigenvalue weighted by atomic mass is 10.3. The molecule has 60 valence electrons. The van der Waals surface area contributed by atoms with Crippen LogP contribution >= 0.6 is 11.3 Å². The molecule has 0 spiro atoms. The summed E-state index contributed by atoms with van der Waals surface area (Å²) < 4.78 is 0. The van der Waals surface area contributed by atoms with E-state index in [1.165, 1.54) is 11.3 Å². The largest absolute Gasteiger partial charge is 0.476 e. The van der Waals surface area contributed by atoms with E-state index in [1.807, 2.05) is 13.8 Å². The summed E-state index contributed by atoms with van der Waals surface area (Å²) in [6.07, 6.45) is 0.858. The van der Waals surface area contributed by atoms with Crippen molar-refractivity contribution in [2.45, 2.75) is 20.3 Å². The Morgan fingerprint density at radius 3 is 2.64 bits per heavy atom. The number of carboxylic acid groups (broad SMARTS) is 1. The third-order valence-electron chi connectivity index (χ3n) is 1.40. The molecule has 0 saturated carbocycles. The van der Waals surface area contributed by atoms with E-state index >= 15 is 0 Å². The normalized spacial score (nSPS) is 10.0. The van der Waals surface area contributed by atoms with Gasteiger partial charge in [-0.2, -0.15) is 0 Å². The molecule has 0 aliphatic heterocycles. The Bertz CT molecular complexity index is 280. The molecule has 4 heteroatoms. The SMILES string of the molecule is CCc1sc(C(=O)O)nc1C. The van der Waals surface area contributed by atoms with E-state index in [0.29, 0.717) is 0 Å². The van der Waals surface area contributed by atoms with E-state index in [0.717, 1.165) is 17.0 Å². The van der Waals surface area contributed by atoms with E-state index in [2.05, 4.69) is 4.98 Å². The minimum Gasteiger partial charge on any atom is -0.476 e. The van der Waals surface area contributed by atoms with Gasteiger partial charge >= 0.3 is 5.97 Å². The molecule has 1 N–H and O–H groups in total. The molecule has 1 heterocycles. The summed E-state index contributed by atoms with van der Waals surface area (Å²) in [6, 6.07) is 0. The minimum atomic E-state index is -0.933. The van der Waals surface area contributed by atoms with E-state index < -0.39 is 5.97 Å². The lowest BCUT2D eigenvalue weighted by Gasteiger charge is -1.85. The van der Waals surface area contributed by atoms with Crippen LogP contribution in [0.3, 0.4) is 0 Å². The zero-order valence-corrected chi connectivity index (χ0v) is 7.23. The van der Waals surface area contributed by atoms with Crippen LogP contribution in [0, 0.1) is 6.92 Å². The first kappa shape index (κ1) is 8.20. The first-order chi connectivity index (χ1) is 5.15. The second-order valence-corrected chi connectivity index (χ2v) is 3.27. The second-order valence-electron chi connectivity index (χ2n) is 2.19. The summed E-state index contributed by atoms with van der Waals surface area (Å²) >= 11 is 1.26. The Morgan fingerprint density at radius 1 is 1.73 bits per heavy atom. The Kier molecular flexibility index (Phi) is 2.24. The van der Waals surface area contributed by atoms with Gasteiger partial charge in [-0.15, -0.1) is 11.3 Å². The third kappa shape index (κ3) is 1.57. The lowest BCUT2D eigenvalue weighted by Crippen LogP contribution is -1.93. The Labute approximate surface area is 68.7 Å². The molecule has 0 amide bonds. The number of nitrogens with zero attached hydrogens (tertiary/aromatic N) is 1. The van der Waals surface area contributed by atoms with Crippen LogP contribution in [0.25, 0.3) is 0 Å². The van der Waals surface area contributed by atoms with Crippen LogP contribution in [0.5, 0.6) is 0 Å². The average Bonchev–Trinajstić information content (AvgIpc) is 2.31. The fraction of sp³-hybridized carbons (Fsp3) is 0.429. The summed E-state index contributed by atoms with van der Waals surface area (Å²) in [5.74, 6) is -0.933. The van der Waals surface area contributed by atoms with Gasteiger partial charge in [0.15, 0.2) is 0 Å². The molecule has 0 aliphatic rings. The highest BCUT2D eigenvalue weighted by Gasteiger charge is 2.10. The zero-order valence-electron chi connectivity index (χ0n) is 6.42. The molecule has 0 bridgehead atoms. The first-order valence-electron chi connectivity index (χ1n) is 3.34. The fourth-order valence-corrected chi connectivity index (χ4v) is 1.69. The van der Waals surface area contributed by atoms with Crippen molar-refractivity contribution >= 4 is 17.3 Å². The number of thiazole rings is 1. The maximum atomic E-state index is 10.4. The Balaban J connectivity index is 3.05. The Hall–Kier alpha value is -0.900. The van der Waals surface area contributed by atoms with Crippen LogP contribution in [0.2, 0.25) is 0 Å². The van der Waals surface area contributed by atoms with E-state index in [1.54, 1.807) is 0 Å². The molecule has 0 radical (unpaired) electrons. The van der Waals surface area contributed by atoms with E-state index in [9.17, 15) is 4.79 Å². The predicted octanol–water partition coefficient (Wildman–Crippen LogP) is 1.71. The number of aromatic carboxylic acids is 1. The summed E-state index contributed by atoms with van der Waals surface area (Å²) in [4.78, 5) is 15.4. The van der Waals surface area contributed by atoms with Gasteiger partial charge in [-0.1, -0.05) is 6.92 Å². The molecule has 0 fully saturated rings. The molecule has 0 atom stereocenters. The smallest absolute Gasteiger partial charge is 0.365 e. The molecule has 11 heavy (non-hydrogen) atoms. The highest BCUT2D eigenvalue weighted by atomic mass is 32.1. The van der Waals surface area contributed by atoms with Crippen molar-refractivity contribution < 1.29 is 9.90 Å². The standard InChI is InChI=1S/C7H9NO2S/c1-3-5-4(2)8-6(11-5)7(9)10/h3H2,1-2H3,(H,9,10). The van der Waals surface area contributed by atoms with Crippen LogP contribution < -0.4 is 0 Å². The van der Waals surface area contributed by atoms with Crippen molar-refractivity contribution in [3.8, 4) is 0 Å². The van der Waals surface area contributed by atoms with Crippen molar-refractivity contribution in [2.75, 3.05) is 0 Å². The molecule has 0 aliphatic carbocycles. The van der Waals surface area contributed by atoms with Gasteiger partial charge in [0, 0.05) is 4.88 Å². The van der Waals surface area contributed by atoms with Gasteiger partial charge in [0.2, 0.25) is 5.01 Å². The summed E-state index contributed by atoms with van der Waals surface area (Å²) in [7, 11) is 0. The van der Waals surface area contributed by atoms with Crippen LogP contribution in [0.1, 0.15) is 27.3 Å². The minimum absolute atomic E-state index is 0.194. The summed E-state index contributed by atoms with van der Waals surface area (Å²) in [5.41, 5.74) is 0.843. The van der Waals surface area contributed by atoms with Crippen LogP contribution in [0.15, 0.2) is 0 Å². The fourth-order valence-electron chi connectivity index (χ4n) is 0.848. The lowest BCUT2D eigenvalue weighted by molar-refractivity contribution is 0.0696. The molecule has 1 rings (SSSR count). The quantitative estimate of drug-likeness (QED) is 0.737. The van der Waals surface area contributed by atoms with Crippen molar-refractivity contribution in [3.05, 3.63) is 15.6 Å². The molecule has 3 nitrogen and oxygen atoms in total. The van der Waals surface area contributed by atoms with E-state index in [-0.39, 0.29) is 5.01 Å². The molecular formula is C7H9NO2S. The van der Waals surface area contributed by atoms with Gasteiger partial charge in [0.1, 0.15) is 0 Å². The molecule has 1 aromatic heterocycles. The van der Waals surface area contributed by atoms with Gasteiger partial charge in [-0.05, 0) is 13.3 Å². The Morgan fingerprint density at radius 2 is 2.36 bits per heavy atom. The average molecular weight is 171 g/mol. The number of carboxylic acids is 1. The summed E-state index contributed by atoms with van der Waals surface area (Å²) in [6.45, 7) is 3.83. The maximum absolute atomic E-state index is 10.4. The monoisotopic (exact) mass is 171 g/mol. The van der Waals surface area contributed by atoms with Gasteiger partial charge in [0.05, 0.1) is 5.69 Å². The van der Waals surface area contributed by atoms with Crippen molar-refractivity contribution in [1.82, 2.24) is 4.98 Å². The number of aromatic nitrogens is 1. The molecular weight excluding hydrogens is 162 g/mol. The highest BCUT2D eigenvalue weighted by Crippen LogP contribution is 2.17. The number of aryl methyl sites for hydroxylation is 2. The van der Waals surface area contributed by atoms with Gasteiger partial charge in [-0.3, -0.25) is 0 Å². The van der Waals surface area contributed by atoms with Crippen molar-refractivity contribution in [1.29, 1.82) is 0 Å². The molecule has 0 saturated heterocycles. The number of hydrogen-bond acceptors (Lipinski definition) is 3. The summed E-state index contributed by atoms with van der Waals surface area (Å²) in [5, 5.41) is 8.76. The van der Waals surface area contributed by atoms with Gasteiger partial charge in [0.25, 0.3) is 0 Å².